The summed E-state index contributed by atoms with van der Waals surface area (Å²) < 4.78 is 38.2. The number of para-hydroxylation sites is 1. The molecular formula is C22H20F3N3O3. The number of piperidine rings is 1. The normalized spacial score (nSPS) is 18.9. The minimum Gasteiger partial charge on any atom is -0.327 e. The molecule has 0 radical (unpaired) electrons. The van der Waals surface area contributed by atoms with Crippen molar-refractivity contribution in [2.75, 3.05) is 23.3 Å². The van der Waals surface area contributed by atoms with Gasteiger partial charge in [0.05, 0.1) is 16.8 Å². The Morgan fingerprint density at radius 1 is 1.03 bits per heavy atom. The first-order valence-electron chi connectivity index (χ1n) is 9.94. The third kappa shape index (κ3) is 4.12. The van der Waals surface area contributed by atoms with Crippen molar-refractivity contribution in [3.8, 4) is 0 Å². The molecule has 9 heteroatoms. The number of rotatable bonds is 3. The number of amides is 3. The van der Waals surface area contributed by atoms with Crippen molar-refractivity contribution in [2.24, 2.45) is 0 Å². The first-order chi connectivity index (χ1) is 14.8. The third-order valence-electron chi connectivity index (χ3n) is 5.54. The van der Waals surface area contributed by atoms with Gasteiger partial charge >= 0.3 is 6.18 Å². The largest absolute Gasteiger partial charge is 0.416 e. The molecule has 1 atom stereocenters. The van der Waals surface area contributed by atoms with Gasteiger partial charge in [0.25, 0.3) is 5.91 Å². The summed E-state index contributed by atoms with van der Waals surface area (Å²) in [6, 6.07) is 10.1. The van der Waals surface area contributed by atoms with Crippen molar-refractivity contribution in [1.82, 2.24) is 4.90 Å². The summed E-state index contributed by atoms with van der Waals surface area (Å²) in [5.41, 5.74) is 0.0685. The van der Waals surface area contributed by atoms with Crippen LogP contribution in [-0.2, 0) is 15.8 Å². The van der Waals surface area contributed by atoms with Crippen LogP contribution in [-0.4, -0.2) is 41.8 Å². The molecule has 4 rings (SSSR count). The number of fused-ring (bicyclic) bond motifs is 2. The zero-order valence-electron chi connectivity index (χ0n) is 16.5. The summed E-state index contributed by atoms with van der Waals surface area (Å²) >= 11 is 0. The highest BCUT2D eigenvalue weighted by Crippen LogP contribution is 2.32. The molecule has 2 aromatic rings. The topological polar surface area (TPSA) is 69.7 Å². The lowest BCUT2D eigenvalue weighted by Gasteiger charge is -2.34. The Morgan fingerprint density at radius 2 is 1.74 bits per heavy atom. The average molecular weight is 431 g/mol. The molecule has 0 bridgehead atoms. The van der Waals surface area contributed by atoms with Crippen molar-refractivity contribution in [2.45, 2.75) is 31.5 Å². The molecule has 31 heavy (non-hydrogen) atoms. The van der Waals surface area contributed by atoms with Crippen molar-refractivity contribution >= 4 is 29.1 Å². The van der Waals surface area contributed by atoms with Gasteiger partial charge in [-0.15, -0.1) is 0 Å². The van der Waals surface area contributed by atoms with Gasteiger partial charge in [-0.1, -0.05) is 12.1 Å². The van der Waals surface area contributed by atoms with E-state index in [9.17, 15) is 27.6 Å². The van der Waals surface area contributed by atoms with Crippen molar-refractivity contribution in [3.05, 3.63) is 59.7 Å². The van der Waals surface area contributed by atoms with Gasteiger partial charge in [-0.05, 0) is 55.7 Å². The molecule has 2 aliphatic rings. The van der Waals surface area contributed by atoms with Crippen molar-refractivity contribution in [1.29, 1.82) is 0 Å². The van der Waals surface area contributed by atoms with E-state index in [2.05, 4.69) is 5.32 Å². The van der Waals surface area contributed by atoms with Crippen LogP contribution in [0.1, 0.15) is 35.2 Å². The second-order valence-corrected chi connectivity index (χ2v) is 7.57. The Morgan fingerprint density at radius 3 is 2.45 bits per heavy atom. The average Bonchev–Trinajstić information content (AvgIpc) is 2.84. The Labute approximate surface area is 176 Å². The third-order valence-corrected chi connectivity index (χ3v) is 5.54. The Hall–Kier alpha value is -3.36. The van der Waals surface area contributed by atoms with E-state index in [0.29, 0.717) is 24.2 Å². The van der Waals surface area contributed by atoms with E-state index in [1.165, 1.54) is 4.90 Å². The molecule has 1 fully saturated rings. The first-order valence-corrected chi connectivity index (χ1v) is 9.94. The second kappa shape index (κ2) is 8.05. The lowest BCUT2D eigenvalue weighted by Crippen LogP contribution is -2.52. The summed E-state index contributed by atoms with van der Waals surface area (Å²) in [4.78, 5) is 41.8. The lowest BCUT2D eigenvalue weighted by molar-refractivity contribution is -0.137. The van der Waals surface area contributed by atoms with E-state index in [0.717, 1.165) is 37.1 Å². The number of anilines is 2. The Kier molecular flexibility index (Phi) is 5.43. The van der Waals surface area contributed by atoms with Gasteiger partial charge in [-0.2, -0.15) is 13.2 Å². The van der Waals surface area contributed by atoms with Gasteiger partial charge in [0.2, 0.25) is 11.8 Å². The second-order valence-electron chi connectivity index (χ2n) is 7.57. The highest BCUT2D eigenvalue weighted by atomic mass is 19.4. The van der Waals surface area contributed by atoms with Gasteiger partial charge < -0.3 is 15.1 Å². The van der Waals surface area contributed by atoms with Crippen LogP contribution in [0.2, 0.25) is 0 Å². The molecule has 1 unspecified atom stereocenters. The number of nitrogens with one attached hydrogen (secondary N) is 1. The first kappa shape index (κ1) is 20.9. The van der Waals surface area contributed by atoms with Crippen LogP contribution >= 0.6 is 0 Å². The summed E-state index contributed by atoms with van der Waals surface area (Å²) in [6.45, 7) is 0.129. The molecule has 1 N–H and O–H groups in total. The summed E-state index contributed by atoms with van der Waals surface area (Å²) in [7, 11) is 0. The van der Waals surface area contributed by atoms with Crippen molar-refractivity contribution < 1.29 is 27.6 Å². The van der Waals surface area contributed by atoms with Crippen LogP contribution in [0.5, 0.6) is 0 Å². The molecule has 2 aliphatic heterocycles. The molecule has 0 saturated carbocycles. The number of benzene rings is 2. The summed E-state index contributed by atoms with van der Waals surface area (Å²) in [5.74, 6) is -1.14. The number of carbonyl (C=O) groups is 3. The predicted molar refractivity (Wildman–Crippen MR) is 108 cm³/mol. The number of nitrogens with zero attached hydrogens (tertiary/aromatic N) is 2. The maximum Gasteiger partial charge on any atom is 0.416 e. The van der Waals surface area contributed by atoms with E-state index in [1.54, 1.807) is 29.2 Å². The van der Waals surface area contributed by atoms with Crippen LogP contribution < -0.4 is 10.2 Å². The minimum absolute atomic E-state index is 0.184. The quantitative estimate of drug-likeness (QED) is 0.806. The molecule has 0 spiro atoms. The van der Waals surface area contributed by atoms with E-state index in [-0.39, 0.29) is 24.0 Å². The molecular weight excluding hydrogens is 411 g/mol. The maximum atomic E-state index is 13.3. The number of carbonyl (C=O) groups excluding carboxylic acids is 3. The molecule has 162 valence electrons. The molecule has 1 saturated heterocycles. The molecule has 6 nitrogen and oxygen atoms in total. The van der Waals surface area contributed by atoms with Crippen LogP contribution in [0.3, 0.4) is 0 Å². The van der Waals surface area contributed by atoms with Gasteiger partial charge in [0.15, 0.2) is 0 Å². The number of alkyl halides is 3. The van der Waals surface area contributed by atoms with E-state index in [1.807, 2.05) is 0 Å². The van der Waals surface area contributed by atoms with Crippen molar-refractivity contribution in [3.63, 3.8) is 0 Å². The van der Waals surface area contributed by atoms with Crippen LogP contribution in [0.15, 0.2) is 48.5 Å². The maximum absolute atomic E-state index is 13.3. The number of hydrogen-bond acceptors (Lipinski definition) is 3. The highest BCUT2D eigenvalue weighted by Gasteiger charge is 2.41. The van der Waals surface area contributed by atoms with E-state index >= 15 is 0 Å². The summed E-state index contributed by atoms with van der Waals surface area (Å²) in [6.07, 6.45) is -2.33. The molecule has 2 aromatic carbocycles. The Balaban J connectivity index is 1.57. The predicted octanol–water partition coefficient (Wildman–Crippen LogP) is 3.69. The van der Waals surface area contributed by atoms with Crippen LogP contribution in [0.25, 0.3) is 0 Å². The van der Waals surface area contributed by atoms with Gasteiger partial charge in [-0.25, -0.2) is 0 Å². The van der Waals surface area contributed by atoms with E-state index in [4.69, 9.17) is 0 Å². The molecule has 3 amide bonds. The highest BCUT2D eigenvalue weighted by molar-refractivity contribution is 6.13. The van der Waals surface area contributed by atoms with Crippen LogP contribution in [0, 0.1) is 0 Å². The lowest BCUT2D eigenvalue weighted by atomic mass is 10.0. The number of hydrogen-bond donors (Lipinski definition) is 1. The van der Waals surface area contributed by atoms with Crippen LogP contribution in [0.4, 0.5) is 24.5 Å². The fraction of sp³-hybridized carbons (Fsp3) is 0.318. The van der Waals surface area contributed by atoms with E-state index < -0.39 is 23.7 Å². The fourth-order valence-corrected chi connectivity index (χ4v) is 4.02. The monoisotopic (exact) mass is 431 g/mol. The molecule has 2 heterocycles. The fourth-order valence-electron chi connectivity index (χ4n) is 4.02. The summed E-state index contributed by atoms with van der Waals surface area (Å²) in [5, 5.41) is 2.52. The molecule has 0 aromatic heterocycles. The van der Waals surface area contributed by atoms with Gasteiger partial charge in [0, 0.05) is 12.2 Å². The Bertz CT molecular complexity index is 1020. The zero-order valence-corrected chi connectivity index (χ0v) is 16.5. The van der Waals surface area contributed by atoms with Gasteiger partial charge in [-0.3, -0.25) is 14.4 Å². The zero-order chi connectivity index (χ0) is 22.2. The standard InChI is InChI=1S/C22H20F3N3O3/c23-22(24,25)14-8-10-15(11-9-14)26-19(29)13-28-17-6-2-1-5-16(17)20(30)27-12-4-3-7-18(27)21(28)31/h1-2,5-6,8-11,18H,3-4,7,12-13H2,(H,26,29). The number of halogens is 3. The SMILES string of the molecule is O=C(CN1C(=O)C2CCCCN2C(=O)c2ccccc21)Nc1ccc(C(F)(F)F)cc1. The minimum atomic E-state index is -4.47. The molecule has 0 aliphatic carbocycles. The smallest absolute Gasteiger partial charge is 0.327 e. The van der Waals surface area contributed by atoms with Gasteiger partial charge in [0.1, 0.15) is 12.6 Å².